The minimum atomic E-state index is -0.624. The molecule has 3 heterocycles. The number of fused-ring (bicyclic) bond motifs is 1. The topological polar surface area (TPSA) is 96.0 Å². The zero-order valence-corrected chi connectivity index (χ0v) is 14.9. The van der Waals surface area contributed by atoms with E-state index in [4.69, 9.17) is 4.74 Å². The fourth-order valence-corrected chi connectivity index (χ4v) is 3.84. The van der Waals surface area contributed by atoms with Crippen LogP contribution >= 0.6 is 0 Å². The van der Waals surface area contributed by atoms with E-state index in [1.807, 2.05) is 6.07 Å². The molecule has 3 aliphatic rings. The number of morpholine rings is 1. The minimum Gasteiger partial charge on any atom is -0.378 e. The van der Waals surface area contributed by atoms with Crippen LogP contribution in [-0.2, 0) is 32.1 Å². The summed E-state index contributed by atoms with van der Waals surface area (Å²) in [5.74, 6) is -0.880. The van der Waals surface area contributed by atoms with Crippen LogP contribution in [0.5, 0.6) is 0 Å². The van der Waals surface area contributed by atoms with Gasteiger partial charge in [-0.25, -0.2) is 0 Å². The number of benzene rings is 1. The number of imide groups is 1. The van der Waals surface area contributed by atoms with Gasteiger partial charge in [0.2, 0.25) is 17.7 Å². The summed E-state index contributed by atoms with van der Waals surface area (Å²) in [4.78, 5) is 51.8. The second-order valence-electron chi connectivity index (χ2n) is 7.06. The van der Waals surface area contributed by atoms with Crippen LogP contribution in [0.15, 0.2) is 18.2 Å². The van der Waals surface area contributed by atoms with Crippen molar-refractivity contribution < 1.29 is 23.9 Å². The van der Waals surface area contributed by atoms with Crippen molar-refractivity contribution in [2.24, 2.45) is 0 Å². The first-order chi connectivity index (χ1) is 13.0. The van der Waals surface area contributed by atoms with Crippen molar-refractivity contribution in [3.63, 3.8) is 0 Å². The zero-order chi connectivity index (χ0) is 19.0. The normalized spacial score (nSPS) is 22.7. The molecule has 4 amide bonds. The number of hydrogen-bond donors (Lipinski definition) is 1. The summed E-state index contributed by atoms with van der Waals surface area (Å²) in [6.45, 7) is 2.65. The number of carbonyl (C=O) groups excluding carboxylic acids is 4. The Labute approximate surface area is 156 Å². The smallest absolute Gasteiger partial charge is 0.255 e. The predicted octanol–water partition coefficient (Wildman–Crippen LogP) is -0.151. The molecule has 1 unspecified atom stereocenters. The number of amides is 4. The summed E-state index contributed by atoms with van der Waals surface area (Å²) in [5, 5.41) is 2.30. The third kappa shape index (κ3) is 3.44. The maximum atomic E-state index is 12.7. The van der Waals surface area contributed by atoms with Crippen LogP contribution in [0, 0.1) is 0 Å². The Morgan fingerprint density at radius 1 is 1.19 bits per heavy atom. The lowest BCUT2D eigenvalue weighted by Crippen LogP contribution is -2.52. The van der Waals surface area contributed by atoms with E-state index in [2.05, 4.69) is 5.32 Å². The predicted molar refractivity (Wildman–Crippen MR) is 93.6 cm³/mol. The average molecular weight is 371 g/mol. The van der Waals surface area contributed by atoms with Crippen molar-refractivity contribution in [2.45, 2.75) is 31.8 Å². The van der Waals surface area contributed by atoms with E-state index >= 15 is 0 Å². The molecule has 1 N–H and O–H groups in total. The zero-order valence-electron chi connectivity index (χ0n) is 14.9. The lowest BCUT2D eigenvalue weighted by molar-refractivity contribution is -0.137. The van der Waals surface area contributed by atoms with Gasteiger partial charge in [0.25, 0.3) is 5.91 Å². The maximum Gasteiger partial charge on any atom is 0.255 e. The van der Waals surface area contributed by atoms with Crippen molar-refractivity contribution in [2.75, 3.05) is 26.3 Å². The number of piperidine rings is 1. The highest BCUT2D eigenvalue weighted by atomic mass is 16.5. The van der Waals surface area contributed by atoms with Crippen LogP contribution in [-0.4, -0.2) is 65.8 Å². The largest absolute Gasteiger partial charge is 0.378 e. The molecule has 27 heavy (non-hydrogen) atoms. The molecule has 4 rings (SSSR count). The Hall–Kier alpha value is -2.74. The van der Waals surface area contributed by atoms with E-state index in [0.29, 0.717) is 44.8 Å². The van der Waals surface area contributed by atoms with E-state index < -0.39 is 11.9 Å². The number of ether oxygens (including phenoxy) is 1. The summed E-state index contributed by atoms with van der Waals surface area (Å²) in [6.07, 6.45) is 0.850. The summed E-state index contributed by atoms with van der Waals surface area (Å²) in [6, 6.07) is 4.77. The van der Waals surface area contributed by atoms with Gasteiger partial charge in [-0.15, -0.1) is 0 Å². The van der Waals surface area contributed by atoms with Crippen molar-refractivity contribution in [1.29, 1.82) is 0 Å². The molecule has 2 saturated heterocycles. The summed E-state index contributed by atoms with van der Waals surface area (Å²) >= 11 is 0. The van der Waals surface area contributed by atoms with Crippen molar-refractivity contribution in [3.8, 4) is 0 Å². The highest BCUT2D eigenvalue weighted by Gasteiger charge is 2.39. The van der Waals surface area contributed by atoms with Crippen molar-refractivity contribution in [3.05, 3.63) is 34.9 Å². The standard InChI is InChI=1S/C19H21N3O5/c23-16-4-3-15(18(25)20-16)22-11-13-9-12(1-2-14(13)19(22)26)10-17(24)21-5-7-27-8-6-21/h1-2,9,15H,3-8,10-11H2,(H,20,23,25). The van der Waals surface area contributed by atoms with Gasteiger partial charge >= 0.3 is 0 Å². The van der Waals surface area contributed by atoms with Crippen LogP contribution in [0.2, 0.25) is 0 Å². The number of rotatable bonds is 3. The molecule has 0 aliphatic carbocycles. The monoisotopic (exact) mass is 371 g/mol. The van der Waals surface area contributed by atoms with E-state index in [-0.39, 0.29) is 30.6 Å². The molecule has 8 heteroatoms. The molecule has 142 valence electrons. The maximum absolute atomic E-state index is 12.7. The molecule has 0 aromatic heterocycles. The van der Waals surface area contributed by atoms with Gasteiger partial charge in [0.15, 0.2) is 0 Å². The quantitative estimate of drug-likeness (QED) is 0.746. The molecular formula is C19H21N3O5. The van der Waals surface area contributed by atoms with Gasteiger partial charge in [-0.2, -0.15) is 0 Å². The molecule has 0 radical (unpaired) electrons. The third-order valence-electron chi connectivity index (χ3n) is 5.31. The van der Waals surface area contributed by atoms with Gasteiger partial charge in [0.1, 0.15) is 6.04 Å². The lowest BCUT2D eigenvalue weighted by atomic mass is 10.0. The van der Waals surface area contributed by atoms with E-state index in [0.717, 1.165) is 11.1 Å². The second kappa shape index (κ2) is 7.11. The van der Waals surface area contributed by atoms with E-state index in [1.165, 1.54) is 4.90 Å². The van der Waals surface area contributed by atoms with Crippen molar-refractivity contribution in [1.82, 2.24) is 15.1 Å². The molecule has 0 saturated carbocycles. The van der Waals surface area contributed by atoms with Gasteiger partial charge in [0, 0.05) is 31.6 Å². The molecule has 1 atom stereocenters. The second-order valence-corrected chi connectivity index (χ2v) is 7.06. The number of carbonyl (C=O) groups is 4. The van der Waals surface area contributed by atoms with Gasteiger partial charge in [0.05, 0.1) is 19.6 Å². The molecule has 0 spiro atoms. The Kier molecular flexibility index (Phi) is 4.65. The summed E-state index contributed by atoms with van der Waals surface area (Å²) in [7, 11) is 0. The van der Waals surface area contributed by atoms with Crippen LogP contribution in [0.25, 0.3) is 0 Å². The summed E-state index contributed by atoms with van der Waals surface area (Å²) in [5.41, 5.74) is 2.22. The lowest BCUT2D eigenvalue weighted by Gasteiger charge is -2.29. The van der Waals surface area contributed by atoms with Gasteiger partial charge in [-0.1, -0.05) is 12.1 Å². The van der Waals surface area contributed by atoms with Crippen molar-refractivity contribution >= 4 is 23.6 Å². The number of nitrogens with one attached hydrogen (secondary N) is 1. The molecule has 0 bridgehead atoms. The van der Waals surface area contributed by atoms with E-state index in [9.17, 15) is 19.2 Å². The molecule has 8 nitrogen and oxygen atoms in total. The Bertz CT molecular complexity index is 816. The molecule has 3 aliphatic heterocycles. The minimum absolute atomic E-state index is 0.0459. The van der Waals surface area contributed by atoms with Crippen LogP contribution < -0.4 is 5.32 Å². The molecule has 1 aromatic carbocycles. The Morgan fingerprint density at radius 2 is 1.96 bits per heavy atom. The fraction of sp³-hybridized carbons (Fsp3) is 0.474. The number of nitrogens with zero attached hydrogens (tertiary/aromatic N) is 2. The molecular weight excluding hydrogens is 350 g/mol. The first-order valence-electron chi connectivity index (χ1n) is 9.15. The third-order valence-corrected chi connectivity index (χ3v) is 5.31. The van der Waals surface area contributed by atoms with Crippen LogP contribution in [0.1, 0.15) is 34.3 Å². The van der Waals surface area contributed by atoms with Crippen LogP contribution in [0.4, 0.5) is 0 Å². The van der Waals surface area contributed by atoms with Gasteiger partial charge in [-0.05, 0) is 23.6 Å². The van der Waals surface area contributed by atoms with Gasteiger partial charge in [-0.3, -0.25) is 24.5 Å². The SMILES string of the molecule is O=C1CCC(N2Cc3cc(CC(=O)N4CCOCC4)ccc3C2=O)C(=O)N1. The van der Waals surface area contributed by atoms with E-state index in [1.54, 1.807) is 17.0 Å². The molecule has 1 aromatic rings. The average Bonchev–Trinajstić information content (AvgIpc) is 2.98. The highest BCUT2D eigenvalue weighted by molar-refractivity contribution is 6.05. The van der Waals surface area contributed by atoms with Crippen LogP contribution in [0.3, 0.4) is 0 Å². The fourth-order valence-electron chi connectivity index (χ4n) is 3.84. The first kappa shape index (κ1) is 17.7. The van der Waals surface area contributed by atoms with Gasteiger partial charge < -0.3 is 14.5 Å². The Balaban J connectivity index is 1.46. The highest BCUT2D eigenvalue weighted by Crippen LogP contribution is 2.28. The first-order valence-corrected chi connectivity index (χ1v) is 9.15. The molecule has 2 fully saturated rings. The Morgan fingerprint density at radius 3 is 2.70 bits per heavy atom. The number of hydrogen-bond acceptors (Lipinski definition) is 5. The summed E-state index contributed by atoms with van der Waals surface area (Å²) < 4.78 is 5.27.